The second kappa shape index (κ2) is 6.42. The highest BCUT2D eigenvalue weighted by Gasteiger charge is 2.28. The van der Waals surface area contributed by atoms with E-state index in [1.54, 1.807) is 7.11 Å². The number of hydrogen-bond acceptors (Lipinski definition) is 3. The van der Waals surface area contributed by atoms with Crippen LogP contribution in [0.4, 0.5) is 0 Å². The minimum atomic E-state index is -0.296. The maximum atomic E-state index is 12.0. The Kier molecular flexibility index (Phi) is 5.41. The summed E-state index contributed by atoms with van der Waals surface area (Å²) in [6.07, 6.45) is 0.679. The average Bonchev–Trinajstić information content (AvgIpc) is 2.42. The highest BCUT2D eigenvalue weighted by Crippen LogP contribution is 2.41. The third-order valence-corrected chi connectivity index (χ3v) is 4.85. The van der Waals surface area contributed by atoms with Crippen LogP contribution in [0.1, 0.15) is 41.5 Å². The van der Waals surface area contributed by atoms with Gasteiger partial charge in [-0.25, -0.2) is 0 Å². The molecule has 1 unspecified atom stereocenters. The van der Waals surface area contributed by atoms with E-state index in [0.29, 0.717) is 6.42 Å². The molecule has 0 aliphatic carbocycles. The van der Waals surface area contributed by atoms with Gasteiger partial charge < -0.3 is 9.47 Å². The molecule has 0 saturated carbocycles. The summed E-state index contributed by atoms with van der Waals surface area (Å²) in [5, 5.41) is 0. The van der Waals surface area contributed by atoms with E-state index in [0.717, 1.165) is 32.5 Å². The molecule has 1 aromatic rings. The first-order valence-electron chi connectivity index (χ1n) is 6.31. The standard InChI is InChI=1S/C15H21BrO3/c1-7-11(15(17)19-6)12-10(4)13(16)8(2)9(3)14(12)18-5/h11H,7H2,1-6H3. The lowest BCUT2D eigenvalue weighted by atomic mass is 9.88. The van der Waals surface area contributed by atoms with E-state index in [1.165, 1.54) is 7.11 Å². The van der Waals surface area contributed by atoms with Crippen LogP contribution in [0, 0.1) is 20.8 Å². The molecular formula is C15H21BrO3. The van der Waals surface area contributed by atoms with Gasteiger partial charge in [-0.1, -0.05) is 22.9 Å². The Hall–Kier alpha value is -1.03. The van der Waals surface area contributed by atoms with Crippen molar-refractivity contribution < 1.29 is 14.3 Å². The molecule has 0 bridgehead atoms. The third-order valence-electron chi connectivity index (χ3n) is 3.66. The zero-order chi connectivity index (χ0) is 14.7. The van der Waals surface area contributed by atoms with Crippen LogP contribution in [-0.4, -0.2) is 20.2 Å². The van der Waals surface area contributed by atoms with Crippen LogP contribution in [0.5, 0.6) is 5.75 Å². The number of benzene rings is 1. The van der Waals surface area contributed by atoms with E-state index in [2.05, 4.69) is 15.9 Å². The molecule has 0 heterocycles. The zero-order valence-electron chi connectivity index (χ0n) is 12.4. The van der Waals surface area contributed by atoms with Gasteiger partial charge in [-0.05, 0) is 43.9 Å². The van der Waals surface area contributed by atoms with Crippen molar-refractivity contribution in [3.8, 4) is 5.75 Å². The minimum absolute atomic E-state index is 0.223. The molecule has 0 aromatic heterocycles. The number of carbonyl (C=O) groups excluding carboxylic acids is 1. The number of halogens is 1. The van der Waals surface area contributed by atoms with Crippen molar-refractivity contribution in [3.05, 3.63) is 26.7 Å². The van der Waals surface area contributed by atoms with Gasteiger partial charge in [0, 0.05) is 10.0 Å². The van der Waals surface area contributed by atoms with E-state index < -0.39 is 0 Å². The van der Waals surface area contributed by atoms with Crippen LogP contribution >= 0.6 is 15.9 Å². The Bertz CT molecular complexity index is 495. The quantitative estimate of drug-likeness (QED) is 0.782. The molecule has 0 N–H and O–H groups in total. The average molecular weight is 329 g/mol. The molecule has 0 aliphatic heterocycles. The summed E-state index contributed by atoms with van der Waals surface area (Å²) in [7, 11) is 3.06. The van der Waals surface area contributed by atoms with Crippen LogP contribution in [-0.2, 0) is 9.53 Å². The Morgan fingerprint density at radius 2 is 1.74 bits per heavy atom. The number of ether oxygens (including phenoxy) is 2. The molecule has 1 aromatic carbocycles. The molecule has 4 heteroatoms. The van der Waals surface area contributed by atoms with Gasteiger partial charge in [-0.15, -0.1) is 0 Å². The van der Waals surface area contributed by atoms with Crippen LogP contribution in [0.25, 0.3) is 0 Å². The summed E-state index contributed by atoms with van der Waals surface area (Å²) in [4.78, 5) is 12.0. The zero-order valence-corrected chi connectivity index (χ0v) is 14.0. The third kappa shape index (κ3) is 2.78. The lowest BCUT2D eigenvalue weighted by Gasteiger charge is -2.23. The SMILES string of the molecule is CCC(C(=O)OC)c1c(C)c(Br)c(C)c(C)c1OC. The molecule has 0 aliphatic rings. The summed E-state index contributed by atoms with van der Waals surface area (Å²) in [5.41, 5.74) is 4.15. The number of methoxy groups -OCH3 is 2. The molecule has 3 nitrogen and oxygen atoms in total. The predicted molar refractivity (Wildman–Crippen MR) is 80.0 cm³/mol. The van der Waals surface area contributed by atoms with Crippen molar-refractivity contribution >= 4 is 21.9 Å². The Morgan fingerprint density at radius 3 is 2.16 bits per heavy atom. The lowest BCUT2D eigenvalue weighted by Crippen LogP contribution is -2.17. The number of hydrogen-bond donors (Lipinski definition) is 0. The fourth-order valence-electron chi connectivity index (χ4n) is 2.42. The normalized spacial score (nSPS) is 12.2. The Morgan fingerprint density at radius 1 is 1.16 bits per heavy atom. The molecule has 0 fully saturated rings. The van der Waals surface area contributed by atoms with Crippen molar-refractivity contribution in [1.29, 1.82) is 0 Å². The van der Waals surface area contributed by atoms with Crippen molar-refractivity contribution in [1.82, 2.24) is 0 Å². The number of rotatable bonds is 4. The van der Waals surface area contributed by atoms with Gasteiger partial charge in [0.25, 0.3) is 0 Å². The van der Waals surface area contributed by atoms with Gasteiger partial charge in [0.15, 0.2) is 0 Å². The van der Waals surface area contributed by atoms with Gasteiger partial charge in [-0.2, -0.15) is 0 Å². The Labute approximate surface area is 123 Å². The molecule has 0 spiro atoms. The monoisotopic (exact) mass is 328 g/mol. The van der Waals surface area contributed by atoms with Gasteiger partial charge in [0.1, 0.15) is 5.75 Å². The van der Waals surface area contributed by atoms with Gasteiger partial charge in [-0.3, -0.25) is 4.79 Å². The second-order valence-electron chi connectivity index (χ2n) is 4.62. The van der Waals surface area contributed by atoms with Crippen molar-refractivity contribution in [3.63, 3.8) is 0 Å². The number of esters is 1. The van der Waals surface area contributed by atoms with E-state index in [1.807, 2.05) is 27.7 Å². The fraction of sp³-hybridized carbons (Fsp3) is 0.533. The van der Waals surface area contributed by atoms with Crippen LogP contribution in [0.15, 0.2) is 4.47 Å². The summed E-state index contributed by atoms with van der Waals surface area (Å²) in [5.74, 6) is 0.269. The van der Waals surface area contributed by atoms with Crippen LogP contribution in [0.2, 0.25) is 0 Å². The summed E-state index contributed by atoms with van der Waals surface area (Å²) < 4.78 is 11.5. The Balaban J connectivity index is 3.61. The molecule has 0 radical (unpaired) electrons. The minimum Gasteiger partial charge on any atom is -0.496 e. The maximum absolute atomic E-state index is 12.0. The molecule has 106 valence electrons. The molecule has 1 atom stereocenters. The molecular weight excluding hydrogens is 308 g/mol. The summed E-state index contributed by atoms with van der Waals surface area (Å²) >= 11 is 3.61. The van der Waals surface area contributed by atoms with Gasteiger partial charge in [0.2, 0.25) is 0 Å². The van der Waals surface area contributed by atoms with Crippen molar-refractivity contribution in [2.24, 2.45) is 0 Å². The summed E-state index contributed by atoms with van der Waals surface area (Å²) in [6.45, 7) is 8.02. The van der Waals surface area contributed by atoms with Crippen LogP contribution < -0.4 is 4.74 Å². The van der Waals surface area contributed by atoms with E-state index in [9.17, 15) is 4.79 Å². The smallest absolute Gasteiger partial charge is 0.313 e. The second-order valence-corrected chi connectivity index (χ2v) is 5.41. The first-order chi connectivity index (χ1) is 8.90. The fourth-order valence-corrected chi connectivity index (χ4v) is 2.93. The molecule has 0 amide bonds. The van der Waals surface area contributed by atoms with Gasteiger partial charge >= 0.3 is 5.97 Å². The first kappa shape index (κ1) is 16.0. The van der Waals surface area contributed by atoms with E-state index in [4.69, 9.17) is 9.47 Å². The van der Waals surface area contributed by atoms with Crippen molar-refractivity contribution in [2.75, 3.05) is 14.2 Å². The topological polar surface area (TPSA) is 35.5 Å². The van der Waals surface area contributed by atoms with Crippen LogP contribution in [0.3, 0.4) is 0 Å². The summed E-state index contributed by atoms with van der Waals surface area (Å²) in [6, 6.07) is 0. The largest absolute Gasteiger partial charge is 0.496 e. The number of carbonyl (C=O) groups is 1. The molecule has 0 saturated heterocycles. The highest BCUT2D eigenvalue weighted by atomic mass is 79.9. The van der Waals surface area contributed by atoms with E-state index >= 15 is 0 Å². The van der Waals surface area contributed by atoms with Gasteiger partial charge in [0.05, 0.1) is 20.1 Å². The van der Waals surface area contributed by atoms with E-state index in [-0.39, 0.29) is 11.9 Å². The molecule has 19 heavy (non-hydrogen) atoms. The highest BCUT2D eigenvalue weighted by molar-refractivity contribution is 9.10. The predicted octanol–water partition coefficient (Wildman–Crippen LogP) is 4.05. The maximum Gasteiger partial charge on any atom is 0.313 e. The first-order valence-corrected chi connectivity index (χ1v) is 7.10. The lowest BCUT2D eigenvalue weighted by molar-refractivity contribution is -0.142. The van der Waals surface area contributed by atoms with Crippen molar-refractivity contribution in [2.45, 2.75) is 40.0 Å². The molecule has 1 rings (SSSR count).